The van der Waals surface area contributed by atoms with Crippen LogP contribution in [0.15, 0.2) is 59.8 Å². The third-order valence-electron chi connectivity index (χ3n) is 6.84. The number of alkyl halides is 3. The number of carbonyl (C=O) groups is 1. The van der Waals surface area contributed by atoms with E-state index in [0.717, 1.165) is 55.1 Å². The van der Waals surface area contributed by atoms with Crippen LogP contribution in [0.25, 0.3) is 11.0 Å². The number of nitrogens with zero attached hydrogens (tertiary/aromatic N) is 3. The Kier molecular flexibility index (Phi) is 7.18. The summed E-state index contributed by atoms with van der Waals surface area (Å²) in [7, 11) is 0. The van der Waals surface area contributed by atoms with Gasteiger partial charge in [0.2, 0.25) is 0 Å². The Morgan fingerprint density at radius 3 is 2.59 bits per heavy atom. The minimum Gasteiger partial charge on any atom is -0.376 e. The number of ether oxygens (including phenoxy) is 1. The van der Waals surface area contributed by atoms with E-state index in [9.17, 15) is 18.0 Å². The van der Waals surface area contributed by atoms with Gasteiger partial charge in [-0.2, -0.15) is 13.2 Å². The zero-order chi connectivity index (χ0) is 26.2. The molecule has 5 rings (SSSR count). The largest absolute Gasteiger partial charge is 0.416 e. The Morgan fingerprint density at radius 1 is 1.11 bits per heavy atom. The highest BCUT2D eigenvalue weighted by Crippen LogP contribution is 2.33. The first-order chi connectivity index (χ1) is 17.7. The zero-order valence-corrected chi connectivity index (χ0v) is 21.5. The number of fused-ring (bicyclic) bond motifs is 1. The lowest BCUT2D eigenvalue weighted by molar-refractivity contribution is -0.137. The summed E-state index contributed by atoms with van der Waals surface area (Å²) in [4.78, 5) is 17.8. The van der Waals surface area contributed by atoms with Crippen LogP contribution in [0.4, 0.5) is 13.2 Å². The van der Waals surface area contributed by atoms with Gasteiger partial charge in [-0.05, 0) is 56.5 Å². The number of hydrogen-bond donors (Lipinski definition) is 0. The quantitative estimate of drug-likeness (QED) is 0.190. The molecule has 0 saturated carbocycles. The molecule has 0 N–H and O–H groups in total. The molecule has 0 amide bonds. The van der Waals surface area contributed by atoms with Crippen LogP contribution in [0, 0.1) is 13.8 Å². The summed E-state index contributed by atoms with van der Waals surface area (Å²) in [5, 5.41) is 0.514. The van der Waals surface area contributed by atoms with Gasteiger partial charge in [-0.15, -0.1) is 0 Å². The molecule has 2 aromatic heterocycles. The summed E-state index contributed by atoms with van der Waals surface area (Å²) >= 11 is 1.25. The van der Waals surface area contributed by atoms with E-state index >= 15 is 0 Å². The summed E-state index contributed by atoms with van der Waals surface area (Å²) in [6, 6.07) is 15.2. The topological polar surface area (TPSA) is 49.0 Å². The maximum atomic E-state index is 13.3. The lowest BCUT2D eigenvalue weighted by Crippen LogP contribution is -2.17. The molecule has 0 radical (unpaired) electrons. The molecule has 0 bridgehead atoms. The molecular formula is C28H28F3N3O2S. The molecule has 2 aromatic carbocycles. The summed E-state index contributed by atoms with van der Waals surface area (Å²) < 4.78 is 49.7. The number of thioether (sulfide) groups is 1. The first-order valence-corrected chi connectivity index (χ1v) is 13.2. The van der Waals surface area contributed by atoms with Gasteiger partial charge >= 0.3 is 6.18 Å². The van der Waals surface area contributed by atoms with Gasteiger partial charge in [-0.25, -0.2) is 4.98 Å². The van der Waals surface area contributed by atoms with Crippen molar-refractivity contribution in [3.8, 4) is 0 Å². The van der Waals surface area contributed by atoms with Crippen LogP contribution in [-0.2, 0) is 24.0 Å². The second-order valence-electron chi connectivity index (χ2n) is 9.41. The fourth-order valence-corrected chi connectivity index (χ4v) is 5.77. The molecule has 1 aliphatic rings. The van der Waals surface area contributed by atoms with E-state index < -0.39 is 11.7 Å². The van der Waals surface area contributed by atoms with Crippen molar-refractivity contribution in [1.29, 1.82) is 0 Å². The van der Waals surface area contributed by atoms with Crippen LogP contribution in [0.1, 0.15) is 45.7 Å². The highest BCUT2D eigenvalue weighted by molar-refractivity contribution is 7.99. The molecule has 37 heavy (non-hydrogen) atoms. The van der Waals surface area contributed by atoms with Gasteiger partial charge in [0.25, 0.3) is 0 Å². The molecule has 1 aliphatic heterocycles. The second kappa shape index (κ2) is 10.4. The predicted octanol–water partition coefficient (Wildman–Crippen LogP) is 6.68. The van der Waals surface area contributed by atoms with Gasteiger partial charge in [-0.3, -0.25) is 4.79 Å². The van der Waals surface area contributed by atoms with Gasteiger partial charge < -0.3 is 13.9 Å². The van der Waals surface area contributed by atoms with Crippen molar-refractivity contribution in [2.45, 2.75) is 57.2 Å². The Hall–Kier alpha value is -3.04. The zero-order valence-electron chi connectivity index (χ0n) is 20.7. The number of benzene rings is 2. The second-order valence-corrected chi connectivity index (χ2v) is 10.4. The number of ketones is 1. The maximum Gasteiger partial charge on any atom is 0.416 e. The summed E-state index contributed by atoms with van der Waals surface area (Å²) in [5.74, 6) is 0.0973. The number of halogens is 3. The van der Waals surface area contributed by atoms with Crippen LogP contribution in [0.5, 0.6) is 0 Å². The molecule has 194 valence electrons. The van der Waals surface area contributed by atoms with Crippen LogP contribution >= 0.6 is 11.8 Å². The number of Topliss-reactive ketones (excluding diaryl/α,β-unsaturated/α-hetero) is 1. The van der Waals surface area contributed by atoms with E-state index in [-0.39, 0.29) is 23.2 Å². The maximum absolute atomic E-state index is 13.3. The molecule has 3 heterocycles. The molecule has 0 aliphatic carbocycles. The summed E-state index contributed by atoms with van der Waals surface area (Å²) in [6.07, 6.45) is -2.21. The first-order valence-electron chi connectivity index (χ1n) is 12.3. The third kappa shape index (κ3) is 5.48. The number of aryl methyl sites for hydroxylation is 1. The highest BCUT2D eigenvalue weighted by Gasteiger charge is 2.31. The van der Waals surface area contributed by atoms with Crippen molar-refractivity contribution in [2.75, 3.05) is 12.4 Å². The summed E-state index contributed by atoms with van der Waals surface area (Å²) in [6.45, 7) is 5.88. The molecule has 0 spiro atoms. The summed E-state index contributed by atoms with van der Waals surface area (Å²) in [5.41, 5.74) is 3.69. The van der Waals surface area contributed by atoms with E-state index in [1.165, 1.54) is 17.8 Å². The average Bonchev–Trinajstić information content (AvgIpc) is 3.58. The Balaban J connectivity index is 1.41. The van der Waals surface area contributed by atoms with Gasteiger partial charge in [-0.1, -0.05) is 42.1 Å². The lowest BCUT2D eigenvalue weighted by Gasteiger charge is -2.14. The molecule has 1 fully saturated rings. The van der Waals surface area contributed by atoms with Gasteiger partial charge in [0, 0.05) is 30.1 Å². The van der Waals surface area contributed by atoms with Gasteiger partial charge in [0.1, 0.15) is 0 Å². The molecule has 4 aromatic rings. The normalized spacial score (nSPS) is 16.1. The fourth-order valence-electron chi connectivity index (χ4n) is 4.88. The first kappa shape index (κ1) is 25.6. The van der Waals surface area contributed by atoms with Crippen molar-refractivity contribution in [3.05, 3.63) is 82.7 Å². The van der Waals surface area contributed by atoms with Gasteiger partial charge in [0.05, 0.1) is 35.0 Å². The third-order valence-corrected chi connectivity index (χ3v) is 7.82. The molecular weight excluding hydrogens is 499 g/mol. The lowest BCUT2D eigenvalue weighted by atomic mass is 10.2. The number of rotatable bonds is 8. The number of imidazole rings is 1. The van der Waals surface area contributed by atoms with E-state index in [1.54, 1.807) is 0 Å². The van der Waals surface area contributed by atoms with Gasteiger partial charge in [0.15, 0.2) is 10.9 Å². The van der Waals surface area contributed by atoms with Crippen molar-refractivity contribution >= 4 is 28.6 Å². The molecule has 9 heteroatoms. The van der Waals surface area contributed by atoms with Crippen molar-refractivity contribution < 1.29 is 22.7 Å². The SMILES string of the molecule is Cc1cc(C(=O)CSc2nc3cc(C(F)(F)F)ccc3n2Cc2ccccc2)c(C)n1C[C@@H]1CCCO1. The molecule has 1 atom stereocenters. The van der Waals surface area contributed by atoms with Crippen LogP contribution in [0.2, 0.25) is 0 Å². The highest BCUT2D eigenvalue weighted by atomic mass is 32.2. The average molecular weight is 528 g/mol. The van der Waals surface area contributed by atoms with Crippen molar-refractivity contribution in [3.63, 3.8) is 0 Å². The van der Waals surface area contributed by atoms with E-state index in [1.807, 2.05) is 54.8 Å². The smallest absolute Gasteiger partial charge is 0.376 e. The van der Waals surface area contributed by atoms with E-state index in [4.69, 9.17) is 4.74 Å². The molecule has 0 unspecified atom stereocenters. The van der Waals surface area contributed by atoms with Crippen LogP contribution < -0.4 is 0 Å². The standard InChI is InChI=1S/C28H28F3N3O2S/c1-18-13-23(19(2)33(18)16-22-9-6-12-36-22)26(35)17-37-27-32-24-14-21(28(29,30)31)10-11-25(24)34(27)15-20-7-4-3-5-8-20/h3-5,7-8,10-11,13-14,22H,6,9,12,15-17H2,1-2H3/t22-/m0/s1. The number of aromatic nitrogens is 3. The fraction of sp³-hybridized carbons (Fsp3) is 0.357. The van der Waals surface area contributed by atoms with Crippen molar-refractivity contribution in [2.24, 2.45) is 0 Å². The minimum absolute atomic E-state index is 0.0361. The van der Waals surface area contributed by atoms with Crippen LogP contribution in [-0.4, -0.2) is 38.4 Å². The number of hydrogen-bond acceptors (Lipinski definition) is 4. The molecule has 1 saturated heterocycles. The Morgan fingerprint density at radius 2 is 1.89 bits per heavy atom. The van der Waals surface area contributed by atoms with E-state index in [2.05, 4.69) is 9.55 Å². The molecule has 5 nitrogen and oxygen atoms in total. The van der Waals surface area contributed by atoms with Crippen molar-refractivity contribution in [1.82, 2.24) is 14.1 Å². The van der Waals surface area contributed by atoms with Crippen LogP contribution in [0.3, 0.4) is 0 Å². The minimum atomic E-state index is -4.45. The Labute approximate surface area is 217 Å². The number of carbonyl (C=O) groups excluding carboxylic acids is 1. The van der Waals surface area contributed by atoms with E-state index in [0.29, 0.717) is 22.8 Å². The Bertz CT molecular complexity index is 1420. The monoisotopic (exact) mass is 527 g/mol. The predicted molar refractivity (Wildman–Crippen MR) is 138 cm³/mol.